The van der Waals surface area contributed by atoms with Crippen LogP contribution in [0.2, 0.25) is 0 Å². The van der Waals surface area contributed by atoms with E-state index in [1.807, 2.05) is 71.1 Å². The van der Waals surface area contributed by atoms with Crippen molar-refractivity contribution in [1.82, 2.24) is 9.21 Å². The van der Waals surface area contributed by atoms with Gasteiger partial charge in [0.1, 0.15) is 0 Å². The molecule has 0 unspecified atom stereocenters. The highest BCUT2D eigenvalue weighted by Crippen LogP contribution is 2.29. The van der Waals surface area contributed by atoms with E-state index in [0.29, 0.717) is 37.4 Å². The first kappa shape index (κ1) is 22.5. The molecule has 1 heterocycles. The van der Waals surface area contributed by atoms with Crippen LogP contribution in [0.15, 0.2) is 41.3 Å². The maximum absolute atomic E-state index is 13.2. The van der Waals surface area contributed by atoms with Crippen molar-refractivity contribution >= 4 is 15.9 Å². The molecule has 0 radical (unpaired) electrons. The molecule has 0 atom stereocenters. The first-order valence-corrected chi connectivity index (χ1v) is 11.9. The first-order valence-electron chi connectivity index (χ1n) is 10.5. The summed E-state index contributed by atoms with van der Waals surface area (Å²) < 4.78 is 28.0. The Hall–Kier alpha value is -2.18. The van der Waals surface area contributed by atoms with Crippen LogP contribution in [0, 0.1) is 33.6 Å². The number of benzene rings is 2. The highest BCUT2D eigenvalue weighted by Gasteiger charge is 2.34. The number of carbonyl (C=O) groups excluding carboxylic acids is 1. The molecule has 0 N–H and O–H groups in total. The lowest BCUT2D eigenvalue weighted by Crippen LogP contribution is -2.43. The summed E-state index contributed by atoms with van der Waals surface area (Å²) in [6, 6.07) is 12.0. The van der Waals surface area contributed by atoms with Crippen LogP contribution in [-0.2, 0) is 21.4 Å². The lowest BCUT2D eigenvalue weighted by atomic mass is 9.96. The molecule has 5 nitrogen and oxygen atoms in total. The molecular weight excluding hydrogens is 396 g/mol. The van der Waals surface area contributed by atoms with Crippen LogP contribution in [-0.4, -0.2) is 43.7 Å². The minimum Gasteiger partial charge on any atom is -0.341 e. The lowest BCUT2D eigenvalue weighted by molar-refractivity contribution is -0.135. The third-order valence-corrected chi connectivity index (χ3v) is 8.13. The second-order valence-electron chi connectivity index (χ2n) is 8.59. The average molecular weight is 429 g/mol. The molecule has 0 spiro atoms. The van der Waals surface area contributed by atoms with Crippen molar-refractivity contribution in [1.29, 1.82) is 0 Å². The highest BCUT2D eigenvalue weighted by atomic mass is 32.2. The summed E-state index contributed by atoms with van der Waals surface area (Å²) in [5.74, 6) is -0.0394. The van der Waals surface area contributed by atoms with Gasteiger partial charge in [-0.3, -0.25) is 4.79 Å². The fraction of sp³-hybridized carbons (Fsp3) is 0.458. The van der Waals surface area contributed by atoms with Gasteiger partial charge < -0.3 is 4.90 Å². The van der Waals surface area contributed by atoms with Gasteiger partial charge in [0.15, 0.2) is 0 Å². The number of aryl methyl sites for hydroxylation is 4. The molecule has 1 amide bonds. The van der Waals surface area contributed by atoms with Gasteiger partial charge >= 0.3 is 0 Å². The van der Waals surface area contributed by atoms with E-state index < -0.39 is 10.0 Å². The van der Waals surface area contributed by atoms with Crippen molar-refractivity contribution in [3.05, 3.63) is 64.2 Å². The minimum atomic E-state index is -3.55. The van der Waals surface area contributed by atoms with E-state index in [1.165, 1.54) is 5.56 Å². The molecule has 0 aromatic heterocycles. The van der Waals surface area contributed by atoms with Crippen LogP contribution < -0.4 is 0 Å². The normalized spacial score (nSPS) is 15.9. The summed E-state index contributed by atoms with van der Waals surface area (Å²) in [7, 11) is -1.73. The van der Waals surface area contributed by atoms with Crippen molar-refractivity contribution in [2.24, 2.45) is 5.92 Å². The summed E-state index contributed by atoms with van der Waals surface area (Å²) in [6.45, 7) is 9.04. The lowest BCUT2D eigenvalue weighted by Gasteiger charge is -2.33. The van der Waals surface area contributed by atoms with Crippen LogP contribution in [0.25, 0.3) is 0 Å². The molecule has 162 valence electrons. The minimum absolute atomic E-state index is 0.0929. The SMILES string of the molecule is Cc1ccc(CN(C)C(=O)C2CCN(S(=O)(=O)c3c(C)cc(C)cc3C)CC2)cc1. The van der Waals surface area contributed by atoms with E-state index in [0.717, 1.165) is 22.3 Å². The Bertz CT molecular complexity index is 998. The smallest absolute Gasteiger partial charge is 0.243 e. The molecule has 1 fully saturated rings. The quantitative estimate of drug-likeness (QED) is 0.724. The topological polar surface area (TPSA) is 57.7 Å². The van der Waals surface area contributed by atoms with Crippen molar-refractivity contribution in [3.63, 3.8) is 0 Å². The van der Waals surface area contributed by atoms with Gasteiger partial charge in [-0.25, -0.2) is 8.42 Å². The van der Waals surface area contributed by atoms with Gasteiger partial charge in [-0.05, 0) is 57.2 Å². The summed E-state index contributed by atoms with van der Waals surface area (Å²) >= 11 is 0. The van der Waals surface area contributed by atoms with Crippen molar-refractivity contribution < 1.29 is 13.2 Å². The summed E-state index contributed by atoms with van der Waals surface area (Å²) in [5.41, 5.74) is 4.92. The van der Waals surface area contributed by atoms with Crippen LogP contribution in [0.3, 0.4) is 0 Å². The number of rotatable bonds is 5. The first-order chi connectivity index (χ1) is 14.1. The molecule has 2 aromatic rings. The van der Waals surface area contributed by atoms with E-state index in [4.69, 9.17) is 0 Å². The molecule has 2 aromatic carbocycles. The number of piperidine rings is 1. The second kappa shape index (κ2) is 8.90. The van der Waals surface area contributed by atoms with Crippen molar-refractivity contribution in [2.45, 2.75) is 52.0 Å². The maximum Gasteiger partial charge on any atom is 0.243 e. The molecule has 1 aliphatic rings. The summed E-state index contributed by atoms with van der Waals surface area (Å²) in [6.07, 6.45) is 1.11. The van der Waals surface area contributed by atoms with Gasteiger partial charge in [0.05, 0.1) is 4.90 Å². The summed E-state index contributed by atoms with van der Waals surface area (Å²) in [4.78, 5) is 15.1. The Labute approximate surface area is 180 Å². The van der Waals surface area contributed by atoms with Gasteiger partial charge in [0.2, 0.25) is 15.9 Å². The fourth-order valence-electron chi connectivity index (χ4n) is 4.40. The molecule has 30 heavy (non-hydrogen) atoms. The number of hydrogen-bond acceptors (Lipinski definition) is 3. The summed E-state index contributed by atoms with van der Waals surface area (Å²) in [5, 5.41) is 0. The molecule has 6 heteroatoms. The van der Waals surface area contributed by atoms with Crippen LogP contribution in [0.5, 0.6) is 0 Å². The van der Waals surface area contributed by atoms with Gasteiger partial charge in [-0.2, -0.15) is 4.31 Å². The van der Waals surface area contributed by atoms with E-state index in [-0.39, 0.29) is 11.8 Å². The van der Waals surface area contributed by atoms with Crippen molar-refractivity contribution in [2.75, 3.05) is 20.1 Å². The third-order valence-electron chi connectivity index (χ3n) is 5.92. The van der Waals surface area contributed by atoms with Gasteiger partial charge in [0.25, 0.3) is 0 Å². The predicted molar refractivity (Wildman–Crippen MR) is 120 cm³/mol. The number of hydrogen-bond donors (Lipinski definition) is 0. The largest absolute Gasteiger partial charge is 0.341 e. The Kier molecular flexibility index (Phi) is 6.68. The Balaban J connectivity index is 1.65. The average Bonchev–Trinajstić information content (AvgIpc) is 2.68. The van der Waals surface area contributed by atoms with Crippen LogP contribution >= 0.6 is 0 Å². The predicted octanol–water partition coefficient (Wildman–Crippen LogP) is 3.98. The number of carbonyl (C=O) groups is 1. The molecule has 1 saturated heterocycles. The maximum atomic E-state index is 13.2. The standard InChI is InChI=1S/C24H32N2O3S/c1-17-6-8-21(9-7-17)16-25(5)24(27)22-10-12-26(13-11-22)30(28,29)23-19(3)14-18(2)15-20(23)4/h6-9,14-15,22H,10-13,16H2,1-5H3. The molecule has 3 rings (SSSR count). The fourth-order valence-corrected chi connectivity index (χ4v) is 6.28. The molecule has 0 aliphatic carbocycles. The van der Waals surface area contributed by atoms with E-state index >= 15 is 0 Å². The van der Waals surface area contributed by atoms with Gasteiger partial charge in [-0.1, -0.05) is 47.5 Å². The third kappa shape index (κ3) is 4.76. The van der Waals surface area contributed by atoms with Crippen molar-refractivity contribution in [3.8, 4) is 0 Å². The zero-order chi connectivity index (χ0) is 22.1. The number of amides is 1. The van der Waals surface area contributed by atoms with E-state index in [2.05, 4.69) is 0 Å². The Morgan fingerprint density at radius 1 is 0.967 bits per heavy atom. The zero-order valence-electron chi connectivity index (χ0n) is 18.6. The number of sulfonamides is 1. The van der Waals surface area contributed by atoms with E-state index in [9.17, 15) is 13.2 Å². The van der Waals surface area contributed by atoms with Gasteiger partial charge in [-0.15, -0.1) is 0 Å². The molecule has 0 bridgehead atoms. The van der Waals surface area contributed by atoms with E-state index in [1.54, 1.807) is 9.21 Å². The second-order valence-corrected chi connectivity index (χ2v) is 10.5. The molecular formula is C24H32N2O3S. The zero-order valence-corrected chi connectivity index (χ0v) is 19.4. The Morgan fingerprint density at radius 2 is 1.50 bits per heavy atom. The Morgan fingerprint density at radius 3 is 2.03 bits per heavy atom. The highest BCUT2D eigenvalue weighted by molar-refractivity contribution is 7.89. The van der Waals surface area contributed by atoms with Crippen LogP contribution in [0.4, 0.5) is 0 Å². The number of nitrogens with zero attached hydrogens (tertiary/aromatic N) is 2. The molecule has 1 aliphatic heterocycles. The van der Waals surface area contributed by atoms with Gasteiger partial charge in [0, 0.05) is 32.6 Å². The van der Waals surface area contributed by atoms with Crippen LogP contribution in [0.1, 0.15) is 40.7 Å². The molecule has 0 saturated carbocycles. The monoisotopic (exact) mass is 428 g/mol.